The summed E-state index contributed by atoms with van der Waals surface area (Å²) < 4.78 is 2.51. The minimum Gasteiger partial charge on any atom is -0.312 e. The fraction of sp³-hybridized carbons (Fsp3) is 0.214. The van der Waals surface area contributed by atoms with E-state index in [-0.39, 0.29) is 0 Å². The van der Waals surface area contributed by atoms with Crippen molar-refractivity contribution in [1.82, 2.24) is 15.5 Å². The third kappa shape index (κ3) is 3.05. The van der Waals surface area contributed by atoms with Crippen LogP contribution in [0.2, 0.25) is 0 Å². The molecule has 98 valence electrons. The van der Waals surface area contributed by atoms with Gasteiger partial charge in [-0.1, -0.05) is 22.0 Å². The molecule has 2 aromatic heterocycles. The van der Waals surface area contributed by atoms with Crippen LogP contribution in [0.4, 0.5) is 0 Å². The highest BCUT2D eigenvalue weighted by Gasteiger charge is 2.04. The van der Waals surface area contributed by atoms with Crippen LogP contribution < -0.4 is 5.32 Å². The molecule has 0 fully saturated rings. The topological polar surface area (TPSA) is 40.7 Å². The molecule has 3 rings (SSSR count). The molecule has 0 saturated heterocycles. The molecule has 0 aliphatic carbocycles. The summed E-state index contributed by atoms with van der Waals surface area (Å²) in [4.78, 5) is 1.37. The Morgan fingerprint density at radius 1 is 1.37 bits per heavy atom. The third-order valence-corrected chi connectivity index (χ3v) is 4.80. The van der Waals surface area contributed by atoms with Crippen LogP contribution in [0.1, 0.15) is 10.4 Å². The second kappa shape index (κ2) is 5.86. The number of thiophene rings is 1. The van der Waals surface area contributed by atoms with Crippen molar-refractivity contribution >= 4 is 37.4 Å². The van der Waals surface area contributed by atoms with Gasteiger partial charge < -0.3 is 5.32 Å². The number of fused-ring (bicyclic) bond motifs is 1. The van der Waals surface area contributed by atoms with Gasteiger partial charge in [-0.2, -0.15) is 5.10 Å². The second-order valence-electron chi connectivity index (χ2n) is 4.40. The van der Waals surface area contributed by atoms with E-state index >= 15 is 0 Å². The van der Waals surface area contributed by atoms with Gasteiger partial charge in [0.05, 0.1) is 6.20 Å². The van der Waals surface area contributed by atoms with E-state index in [2.05, 4.69) is 55.7 Å². The van der Waals surface area contributed by atoms with Gasteiger partial charge in [-0.05, 0) is 36.7 Å². The lowest BCUT2D eigenvalue weighted by molar-refractivity contribution is 0.694. The molecular formula is C14H14BrN3S. The summed E-state index contributed by atoms with van der Waals surface area (Å²) in [6.07, 6.45) is 4.82. The number of hydrogen-bond donors (Lipinski definition) is 2. The SMILES string of the molecule is Brc1cccc2sc(CNCCc3cn[nH]c3)cc12. The van der Waals surface area contributed by atoms with E-state index < -0.39 is 0 Å². The predicted molar refractivity (Wildman–Crippen MR) is 83.5 cm³/mol. The summed E-state index contributed by atoms with van der Waals surface area (Å²) in [5, 5.41) is 11.6. The standard InChI is InChI=1S/C14H14BrN3S/c15-13-2-1-3-14-12(13)6-11(19-14)9-16-5-4-10-7-17-18-8-10/h1-3,6-8,16H,4-5,9H2,(H,17,18). The van der Waals surface area contributed by atoms with Crippen molar-refractivity contribution in [1.29, 1.82) is 0 Å². The Kier molecular flexibility index (Phi) is 3.96. The van der Waals surface area contributed by atoms with Crippen molar-refractivity contribution < 1.29 is 0 Å². The fourth-order valence-electron chi connectivity index (χ4n) is 2.02. The van der Waals surface area contributed by atoms with E-state index in [4.69, 9.17) is 0 Å². The normalized spacial score (nSPS) is 11.2. The Hall–Kier alpha value is -1.17. The fourth-order valence-corrected chi connectivity index (χ4v) is 3.69. The molecule has 0 bridgehead atoms. The van der Waals surface area contributed by atoms with Crippen molar-refractivity contribution in [3.8, 4) is 0 Å². The molecule has 0 unspecified atom stereocenters. The van der Waals surface area contributed by atoms with Crippen LogP contribution in [0, 0.1) is 0 Å². The lowest BCUT2D eigenvalue weighted by atomic mass is 10.2. The molecular weight excluding hydrogens is 322 g/mol. The number of benzene rings is 1. The van der Waals surface area contributed by atoms with Gasteiger partial charge in [-0.25, -0.2) is 0 Å². The van der Waals surface area contributed by atoms with Gasteiger partial charge >= 0.3 is 0 Å². The first kappa shape index (κ1) is 12.8. The highest BCUT2D eigenvalue weighted by atomic mass is 79.9. The first-order valence-electron chi connectivity index (χ1n) is 6.18. The quantitative estimate of drug-likeness (QED) is 0.697. The minimum atomic E-state index is 0.920. The first-order chi connectivity index (χ1) is 9.33. The highest BCUT2D eigenvalue weighted by Crippen LogP contribution is 2.31. The zero-order valence-electron chi connectivity index (χ0n) is 10.3. The van der Waals surface area contributed by atoms with E-state index in [1.54, 1.807) is 0 Å². The minimum absolute atomic E-state index is 0.920. The molecule has 0 aliphatic rings. The van der Waals surface area contributed by atoms with Crippen LogP contribution in [-0.4, -0.2) is 16.7 Å². The van der Waals surface area contributed by atoms with Crippen LogP contribution in [0.15, 0.2) is 41.1 Å². The number of rotatable bonds is 5. The number of halogens is 1. The molecule has 19 heavy (non-hydrogen) atoms. The number of nitrogens with one attached hydrogen (secondary N) is 2. The van der Waals surface area contributed by atoms with Gasteiger partial charge in [0.1, 0.15) is 0 Å². The van der Waals surface area contributed by atoms with Crippen LogP contribution in [0.5, 0.6) is 0 Å². The number of H-pyrrole nitrogens is 1. The average molecular weight is 336 g/mol. The van der Waals surface area contributed by atoms with Crippen molar-refractivity contribution in [3.05, 3.63) is 51.6 Å². The third-order valence-electron chi connectivity index (χ3n) is 3.00. The molecule has 0 aliphatic heterocycles. The molecule has 0 radical (unpaired) electrons. The maximum absolute atomic E-state index is 3.94. The maximum Gasteiger partial charge on any atom is 0.0519 e. The van der Waals surface area contributed by atoms with E-state index in [0.717, 1.165) is 19.5 Å². The number of aromatic nitrogens is 2. The van der Waals surface area contributed by atoms with Gasteiger partial charge in [0.25, 0.3) is 0 Å². The van der Waals surface area contributed by atoms with Crippen molar-refractivity contribution in [3.63, 3.8) is 0 Å². The smallest absolute Gasteiger partial charge is 0.0519 e. The summed E-state index contributed by atoms with van der Waals surface area (Å²) in [6.45, 7) is 1.89. The molecule has 0 spiro atoms. The molecule has 0 amide bonds. The summed E-state index contributed by atoms with van der Waals surface area (Å²) in [5.41, 5.74) is 1.24. The molecule has 0 atom stereocenters. The zero-order valence-corrected chi connectivity index (χ0v) is 12.7. The van der Waals surface area contributed by atoms with Gasteiger partial charge in [0.2, 0.25) is 0 Å². The Labute approximate surface area is 124 Å². The van der Waals surface area contributed by atoms with Crippen LogP contribution in [-0.2, 0) is 13.0 Å². The molecule has 3 aromatic rings. The van der Waals surface area contributed by atoms with E-state index in [1.807, 2.05) is 23.7 Å². The van der Waals surface area contributed by atoms with Gasteiger partial charge in [-0.3, -0.25) is 5.10 Å². The van der Waals surface area contributed by atoms with Gasteiger partial charge in [0.15, 0.2) is 0 Å². The molecule has 0 saturated carbocycles. The number of aromatic amines is 1. The summed E-state index contributed by atoms with van der Waals surface area (Å²) >= 11 is 5.44. The van der Waals surface area contributed by atoms with Gasteiger partial charge in [-0.15, -0.1) is 11.3 Å². The molecule has 2 heterocycles. The second-order valence-corrected chi connectivity index (χ2v) is 6.42. The Morgan fingerprint density at radius 2 is 2.32 bits per heavy atom. The van der Waals surface area contributed by atoms with Gasteiger partial charge in [0, 0.05) is 32.2 Å². The molecule has 1 aromatic carbocycles. The lowest BCUT2D eigenvalue weighted by Gasteiger charge is -2.00. The Balaban J connectivity index is 1.58. The predicted octanol–water partition coefficient (Wildman–Crippen LogP) is 3.72. The van der Waals surface area contributed by atoms with Crippen LogP contribution in [0.3, 0.4) is 0 Å². The van der Waals surface area contributed by atoms with Crippen molar-refractivity contribution in [2.24, 2.45) is 0 Å². The van der Waals surface area contributed by atoms with Crippen molar-refractivity contribution in [2.45, 2.75) is 13.0 Å². The van der Waals surface area contributed by atoms with E-state index in [1.165, 1.54) is 25.0 Å². The molecule has 3 nitrogen and oxygen atoms in total. The average Bonchev–Trinajstić information content (AvgIpc) is 3.04. The number of nitrogens with zero attached hydrogens (tertiary/aromatic N) is 1. The molecule has 2 N–H and O–H groups in total. The zero-order chi connectivity index (χ0) is 13.1. The van der Waals surface area contributed by atoms with Crippen LogP contribution >= 0.6 is 27.3 Å². The maximum atomic E-state index is 3.94. The van der Waals surface area contributed by atoms with E-state index in [0.29, 0.717) is 0 Å². The monoisotopic (exact) mass is 335 g/mol. The highest BCUT2D eigenvalue weighted by molar-refractivity contribution is 9.10. The Morgan fingerprint density at radius 3 is 3.11 bits per heavy atom. The summed E-state index contributed by atoms with van der Waals surface area (Å²) in [7, 11) is 0. The number of hydrogen-bond acceptors (Lipinski definition) is 3. The summed E-state index contributed by atoms with van der Waals surface area (Å²) in [5.74, 6) is 0. The Bertz CT molecular complexity index is 660. The van der Waals surface area contributed by atoms with Crippen molar-refractivity contribution in [2.75, 3.05) is 6.54 Å². The summed E-state index contributed by atoms with van der Waals surface area (Å²) in [6, 6.07) is 8.60. The molecule has 5 heteroatoms. The van der Waals surface area contributed by atoms with Crippen LogP contribution in [0.25, 0.3) is 10.1 Å². The largest absolute Gasteiger partial charge is 0.312 e. The first-order valence-corrected chi connectivity index (χ1v) is 7.79. The van der Waals surface area contributed by atoms with E-state index in [9.17, 15) is 0 Å². The lowest BCUT2D eigenvalue weighted by Crippen LogP contribution is -2.15.